The van der Waals surface area contributed by atoms with Crippen molar-refractivity contribution >= 4 is 27.4 Å². The van der Waals surface area contributed by atoms with Crippen LogP contribution < -0.4 is 0 Å². The molecule has 50 heavy (non-hydrogen) atoms. The van der Waals surface area contributed by atoms with Crippen molar-refractivity contribution in [2.24, 2.45) is 28.6 Å². The highest BCUT2D eigenvalue weighted by molar-refractivity contribution is 7.88. The van der Waals surface area contributed by atoms with Gasteiger partial charge in [-0.2, -0.15) is 4.31 Å². The van der Waals surface area contributed by atoms with Crippen LogP contribution in [0, 0.1) is 34.4 Å². The molecule has 0 aliphatic heterocycles. The zero-order valence-corrected chi connectivity index (χ0v) is 31.9. The summed E-state index contributed by atoms with van der Waals surface area (Å²) in [7, 11) is -3.64. The van der Waals surface area contributed by atoms with Crippen LogP contribution >= 0.6 is 11.6 Å². The molecular weight excluding hydrogens is 673 g/mol. The van der Waals surface area contributed by atoms with Crippen molar-refractivity contribution in [1.29, 1.82) is 0 Å². The summed E-state index contributed by atoms with van der Waals surface area (Å²) in [5, 5.41) is 24.0. The molecule has 0 aromatic heterocycles. The molecule has 0 amide bonds. The number of sulfonamides is 1. The van der Waals surface area contributed by atoms with Crippen molar-refractivity contribution in [1.82, 2.24) is 4.31 Å². The number of carbonyl (C=O) groups excluding carboxylic acids is 1. The first-order valence-corrected chi connectivity index (χ1v) is 20.8. The summed E-state index contributed by atoms with van der Waals surface area (Å²) < 4.78 is 43.5. The minimum absolute atomic E-state index is 0.00694. The molecule has 7 atom stereocenters. The van der Waals surface area contributed by atoms with Crippen molar-refractivity contribution in [3.05, 3.63) is 81.1 Å². The Balaban J connectivity index is 1.39. The molecule has 2 aromatic rings. The molecule has 6 aliphatic carbocycles. The first-order chi connectivity index (χ1) is 23.4. The Bertz CT molecular complexity index is 1740. The highest BCUT2D eigenvalue weighted by atomic mass is 35.5. The minimum atomic E-state index is -3.64. The van der Waals surface area contributed by atoms with E-state index in [1.54, 1.807) is 10.4 Å². The molecule has 0 spiro atoms. The first-order valence-electron chi connectivity index (χ1n) is 18.5. The van der Waals surface area contributed by atoms with Crippen LogP contribution in [0.15, 0.2) is 48.0 Å². The van der Waals surface area contributed by atoms with Crippen molar-refractivity contribution in [2.75, 3.05) is 19.3 Å². The predicted molar refractivity (Wildman–Crippen MR) is 197 cm³/mol. The molecule has 6 nitrogen and oxygen atoms in total. The number of aliphatic hydroxyl groups is 2. The summed E-state index contributed by atoms with van der Waals surface area (Å²) in [5.41, 5.74) is 1.43. The second-order valence-corrected chi connectivity index (χ2v) is 19.4. The van der Waals surface area contributed by atoms with Crippen LogP contribution in [0.5, 0.6) is 0 Å². The van der Waals surface area contributed by atoms with E-state index >= 15 is 0 Å². The lowest BCUT2D eigenvalue weighted by Gasteiger charge is -2.60. The average Bonchev–Trinajstić information content (AvgIpc) is 3.29. The Hall–Kier alpha value is -2.10. The van der Waals surface area contributed by atoms with Gasteiger partial charge in [0.25, 0.3) is 0 Å². The van der Waals surface area contributed by atoms with Gasteiger partial charge >= 0.3 is 0 Å². The quantitative estimate of drug-likeness (QED) is 0.211. The van der Waals surface area contributed by atoms with E-state index in [1.807, 2.05) is 18.2 Å². The number of nitrogens with zero attached hydrogens (tertiary/aromatic N) is 1. The molecule has 274 valence electrons. The minimum Gasteiger partial charge on any atom is -0.393 e. The first kappa shape index (κ1) is 37.7. The number of carbonyl (C=O) groups is 1. The summed E-state index contributed by atoms with van der Waals surface area (Å²) >= 11 is 6.37. The largest absolute Gasteiger partial charge is 0.393 e. The van der Waals surface area contributed by atoms with Gasteiger partial charge in [0.1, 0.15) is 5.82 Å². The van der Waals surface area contributed by atoms with E-state index in [-0.39, 0.29) is 46.6 Å². The van der Waals surface area contributed by atoms with Crippen molar-refractivity contribution in [2.45, 2.75) is 116 Å². The molecule has 2 N–H and O–H groups in total. The highest BCUT2D eigenvalue weighted by Gasteiger charge is 2.59. The molecule has 4 bridgehead atoms. The third-order valence-electron chi connectivity index (χ3n) is 13.7. The molecule has 2 aromatic carbocycles. The van der Waals surface area contributed by atoms with Gasteiger partial charge in [0.05, 0.1) is 18.0 Å². The number of hydrogen-bond acceptors (Lipinski definition) is 5. The number of Topliss-reactive ketones (excluding diaryl/α,β-unsaturated/α-hetero) is 1. The summed E-state index contributed by atoms with van der Waals surface area (Å²) in [4.78, 5) is 14.2. The Morgan fingerprint density at radius 2 is 1.84 bits per heavy atom. The second-order valence-electron chi connectivity index (χ2n) is 17.0. The third kappa shape index (κ3) is 7.13. The fraction of sp³-hybridized carbons (Fsp3) is 0.634. The number of ketones is 1. The van der Waals surface area contributed by atoms with E-state index in [0.717, 1.165) is 36.8 Å². The van der Waals surface area contributed by atoms with Crippen LogP contribution in [0.2, 0.25) is 5.02 Å². The van der Waals surface area contributed by atoms with Crippen LogP contribution in [-0.4, -0.2) is 59.8 Å². The monoisotopic (exact) mass is 727 g/mol. The number of halogens is 2. The van der Waals surface area contributed by atoms with Crippen molar-refractivity contribution in [3.8, 4) is 0 Å². The smallest absolute Gasteiger partial charge is 0.211 e. The van der Waals surface area contributed by atoms with Gasteiger partial charge in [-0.1, -0.05) is 62.2 Å². The third-order valence-corrected chi connectivity index (χ3v) is 15.3. The van der Waals surface area contributed by atoms with Crippen molar-refractivity contribution < 1.29 is 27.8 Å². The summed E-state index contributed by atoms with van der Waals surface area (Å²) in [6, 6.07) is 10.1. The molecule has 6 aliphatic rings. The lowest BCUT2D eigenvalue weighted by molar-refractivity contribution is -0.114. The van der Waals surface area contributed by atoms with Gasteiger partial charge in [-0.15, -0.1) is 0 Å². The summed E-state index contributed by atoms with van der Waals surface area (Å²) in [6.07, 6.45) is 9.79. The van der Waals surface area contributed by atoms with Gasteiger partial charge in [0.15, 0.2) is 5.78 Å². The number of rotatable bonds is 8. The van der Waals surface area contributed by atoms with E-state index < -0.39 is 33.0 Å². The topological polar surface area (TPSA) is 94.9 Å². The van der Waals surface area contributed by atoms with Crippen LogP contribution in [0.4, 0.5) is 4.39 Å². The maximum absolute atomic E-state index is 14.9. The lowest BCUT2D eigenvalue weighted by Crippen LogP contribution is -2.58. The van der Waals surface area contributed by atoms with Crippen LogP contribution in [-0.2, 0) is 22.9 Å². The normalized spacial score (nSPS) is 32.6. The SMILES string of the molecule is CC1=CCCC2(C)C(CCC2(O)CN(CC2CCC3CC2C3(C)C)S(C)(=O)=O)c2ccc(cc2C(=O)Cc2c(F)cccc2Cl)CC(O)CC1. The number of hydrogen-bond donors (Lipinski definition) is 2. The maximum atomic E-state index is 14.9. The Kier molecular flexibility index (Phi) is 10.6. The van der Waals surface area contributed by atoms with Gasteiger partial charge in [-0.05, 0) is 130 Å². The number of aliphatic hydroxyl groups excluding tert-OH is 1. The van der Waals surface area contributed by atoms with E-state index in [2.05, 4.69) is 33.8 Å². The molecule has 4 saturated carbocycles. The Labute approximate surface area is 303 Å². The van der Waals surface area contributed by atoms with E-state index in [4.69, 9.17) is 11.6 Å². The van der Waals surface area contributed by atoms with Crippen LogP contribution in [0.1, 0.15) is 118 Å². The molecule has 8 rings (SSSR count). The summed E-state index contributed by atoms with van der Waals surface area (Å²) in [5.74, 6) is 0.355. The van der Waals surface area contributed by atoms with Gasteiger partial charge in [0.2, 0.25) is 10.0 Å². The van der Waals surface area contributed by atoms with Crippen molar-refractivity contribution in [3.63, 3.8) is 0 Å². The molecule has 0 radical (unpaired) electrons. The maximum Gasteiger partial charge on any atom is 0.211 e. The number of allylic oxidation sites excluding steroid dienone is 2. The molecule has 4 fully saturated rings. The van der Waals surface area contributed by atoms with E-state index in [1.165, 1.54) is 24.0 Å². The zero-order valence-electron chi connectivity index (χ0n) is 30.4. The molecule has 0 saturated heterocycles. The fourth-order valence-electron chi connectivity index (χ4n) is 10.3. The number of benzene rings is 2. The molecule has 7 unspecified atom stereocenters. The second kappa shape index (κ2) is 14.0. The predicted octanol–water partition coefficient (Wildman–Crippen LogP) is 8.28. The molecular formula is C41H55ClFNO5S. The van der Waals surface area contributed by atoms with Crippen LogP contribution in [0.3, 0.4) is 0 Å². The zero-order chi connectivity index (χ0) is 36.2. The van der Waals surface area contributed by atoms with Crippen LogP contribution in [0.25, 0.3) is 0 Å². The fourth-order valence-corrected chi connectivity index (χ4v) is 11.4. The highest BCUT2D eigenvalue weighted by Crippen LogP contribution is 2.62. The Morgan fingerprint density at radius 3 is 2.52 bits per heavy atom. The van der Waals surface area contributed by atoms with Gasteiger partial charge < -0.3 is 10.2 Å². The summed E-state index contributed by atoms with van der Waals surface area (Å²) in [6.45, 7) is 9.18. The van der Waals surface area contributed by atoms with E-state index in [9.17, 15) is 27.8 Å². The lowest BCUT2D eigenvalue weighted by atomic mass is 9.45. The standard InChI is InChI=1S/C41H55ClFNO5S/c1-26-8-7-18-40(4)34(17-19-41(40,47)25-44(50(5,48)49)24-28-13-14-29-22-35(28)39(29,2)3)31-16-12-27(20-30(45)15-11-26)21-32(31)38(46)23-33-36(42)9-6-10-37(33)43/h6,8-10,12,16,21,28-30,34-35,45,47H,7,11,13-15,17-20,22-25H2,1-5H3. The Morgan fingerprint density at radius 1 is 1.08 bits per heavy atom. The van der Waals surface area contributed by atoms with Gasteiger partial charge in [0, 0.05) is 41.1 Å². The van der Waals surface area contributed by atoms with Gasteiger partial charge in [-0.25, -0.2) is 12.8 Å². The van der Waals surface area contributed by atoms with E-state index in [0.29, 0.717) is 62.5 Å². The number of fused-ring (bicyclic) bond motifs is 10. The molecule has 9 heteroatoms. The van der Waals surface area contributed by atoms with Gasteiger partial charge in [-0.3, -0.25) is 4.79 Å². The molecule has 0 heterocycles. The average molecular weight is 728 g/mol.